The van der Waals surface area contributed by atoms with Crippen molar-refractivity contribution in [1.29, 1.82) is 0 Å². The molecule has 0 unspecified atom stereocenters. The van der Waals surface area contributed by atoms with Crippen LogP contribution in [0.5, 0.6) is 0 Å². The molecule has 0 bridgehead atoms. The molecule has 2 heterocycles. The fraction of sp³-hybridized carbons (Fsp3) is 0.200. The molecule has 1 aliphatic heterocycles. The topological polar surface area (TPSA) is 54.5 Å². The van der Waals surface area contributed by atoms with Crippen LogP contribution in [0.3, 0.4) is 0 Å². The summed E-state index contributed by atoms with van der Waals surface area (Å²) < 4.78 is 5.34. The van der Waals surface area contributed by atoms with E-state index in [4.69, 9.17) is 27.9 Å². The van der Waals surface area contributed by atoms with Gasteiger partial charge in [0.25, 0.3) is 5.91 Å². The first-order chi connectivity index (χ1) is 13.1. The van der Waals surface area contributed by atoms with E-state index in [0.29, 0.717) is 47.7 Å². The van der Waals surface area contributed by atoms with Crippen molar-refractivity contribution < 1.29 is 9.53 Å². The summed E-state index contributed by atoms with van der Waals surface area (Å²) in [4.78, 5) is 19.3. The van der Waals surface area contributed by atoms with Gasteiger partial charge in [0.2, 0.25) is 0 Å². The molecule has 138 valence electrons. The third-order valence-electron chi connectivity index (χ3n) is 4.45. The number of morpholine rings is 1. The maximum atomic E-state index is 12.9. The average molecular weight is 402 g/mol. The number of fused-ring (bicyclic) bond motifs is 1. The van der Waals surface area contributed by atoms with Crippen molar-refractivity contribution in [3.63, 3.8) is 0 Å². The van der Waals surface area contributed by atoms with E-state index in [1.807, 2.05) is 24.3 Å². The van der Waals surface area contributed by atoms with Gasteiger partial charge in [-0.3, -0.25) is 4.79 Å². The number of pyridine rings is 1. The number of nitrogens with one attached hydrogen (secondary N) is 1. The SMILES string of the molecule is O=C(c1cnc(Nc2cc(Cl)cc(Cl)c2)c2ccccc12)N1CCOCC1. The van der Waals surface area contributed by atoms with E-state index >= 15 is 0 Å². The lowest BCUT2D eigenvalue weighted by molar-refractivity contribution is 0.0304. The number of anilines is 2. The van der Waals surface area contributed by atoms with Crippen LogP contribution in [-0.2, 0) is 4.74 Å². The van der Waals surface area contributed by atoms with Crippen LogP contribution in [0.15, 0.2) is 48.7 Å². The van der Waals surface area contributed by atoms with Crippen LogP contribution in [0, 0.1) is 0 Å². The molecule has 1 saturated heterocycles. The number of halogens is 2. The van der Waals surface area contributed by atoms with Gasteiger partial charge >= 0.3 is 0 Å². The Hall–Kier alpha value is -2.34. The molecule has 0 spiro atoms. The first-order valence-corrected chi connectivity index (χ1v) is 9.35. The fourth-order valence-corrected chi connectivity index (χ4v) is 3.69. The monoisotopic (exact) mass is 401 g/mol. The Morgan fingerprint density at radius 3 is 2.41 bits per heavy atom. The number of aromatic nitrogens is 1. The number of rotatable bonds is 3. The minimum absolute atomic E-state index is 0.0284. The Morgan fingerprint density at radius 2 is 1.70 bits per heavy atom. The number of benzene rings is 2. The molecule has 27 heavy (non-hydrogen) atoms. The Morgan fingerprint density at radius 1 is 1.04 bits per heavy atom. The molecule has 0 radical (unpaired) electrons. The van der Waals surface area contributed by atoms with Crippen molar-refractivity contribution in [1.82, 2.24) is 9.88 Å². The molecule has 2 aromatic carbocycles. The molecule has 1 fully saturated rings. The lowest BCUT2D eigenvalue weighted by Crippen LogP contribution is -2.40. The maximum absolute atomic E-state index is 12.9. The van der Waals surface area contributed by atoms with Gasteiger partial charge in [-0.1, -0.05) is 47.5 Å². The minimum Gasteiger partial charge on any atom is -0.378 e. The highest BCUT2D eigenvalue weighted by atomic mass is 35.5. The van der Waals surface area contributed by atoms with Gasteiger partial charge in [0.1, 0.15) is 5.82 Å². The van der Waals surface area contributed by atoms with E-state index in [0.717, 1.165) is 16.5 Å². The number of amides is 1. The molecule has 1 amide bonds. The predicted octanol–water partition coefficient (Wildman–Crippen LogP) is 4.76. The maximum Gasteiger partial charge on any atom is 0.256 e. The molecular formula is C20H17Cl2N3O2. The molecule has 1 N–H and O–H groups in total. The van der Waals surface area contributed by atoms with Gasteiger partial charge in [0.15, 0.2) is 0 Å². The van der Waals surface area contributed by atoms with E-state index in [-0.39, 0.29) is 5.91 Å². The summed E-state index contributed by atoms with van der Waals surface area (Å²) in [7, 11) is 0. The zero-order valence-electron chi connectivity index (χ0n) is 14.4. The Balaban J connectivity index is 1.72. The van der Waals surface area contributed by atoms with Gasteiger partial charge in [-0.2, -0.15) is 0 Å². The summed E-state index contributed by atoms with van der Waals surface area (Å²) in [6, 6.07) is 12.9. The van der Waals surface area contributed by atoms with E-state index in [9.17, 15) is 4.79 Å². The second-order valence-electron chi connectivity index (χ2n) is 6.25. The largest absolute Gasteiger partial charge is 0.378 e. The van der Waals surface area contributed by atoms with Crippen LogP contribution in [0.4, 0.5) is 11.5 Å². The Labute approximate surface area is 166 Å². The van der Waals surface area contributed by atoms with Crippen molar-refractivity contribution in [3.8, 4) is 0 Å². The summed E-state index contributed by atoms with van der Waals surface area (Å²) in [6.07, 6.45) is 1.62. The number of carbonyl (C=O) groups excluding carboxylic acids is 1. The van der Waals surface area contributed by atoms with Crippen LogP contribution in [0.2, 0.25) is 10.0 Å². The van der Waals surface area contributed by atoms with Crippen LogP contribution >= 0.6 is 23.2 Å². The predicted molar refractivity (Wildman–Crippen MR) is 108 cm³/mol. The van der Waals surface area contributed by atoms with E-state index in [1.54, 1.807) is 29.3 Å². The van der Waals surface area contributed by atoms with Gasteiger partial charge in [0.05, 0.1) is 18.8 Å². The van der Waals surface area contributed by atoms with Crippen molar-refractivity contribution >= 4 is 51.4 Å². The van der Waals surface area contributed by atoms with E-state index in [1.165, 1.54) is 0 Å². The second-order valence-corrected chi connectivity index (χ2v) is 7.13. The highest BCUT2D eigenvalue weighted by Gasteiger charge is 2.21. The molecule has 1 aliphatic rings. The van der Waals surface area contributed by atoms with Crippen LogP contribution in [0.25, 0.3) is 10.8 Å². The van der Waals surface area contributed by atoms with Crippen molar-refractivity contribution in [2.45, 2.75) is 0 Å². The molecule has 4 rings (SSSR count). The molecule has 0 aliphatic carbocycles. The van der Waals surface area contributed by atoms with E-state index < -0.39 is 0 Å². The summed E-state index contributed by atoms with van der Waals surface area (Å²) >= 11 is 12.2. The summed E-state index contributed by atoms with van der Waals surface area (Å²) in [5.74, 6) is 0.613. The first-order valence-electron chi connectivity index (χ1n) is 8.60. The minimum atomic E-state index is -0.0284. The van der Waals surface area contributed by atoms with E-state index in [2.05, 4.69) is 10.3 Å². The van der Waals surface area contributed by atoms with Gasteiger partial charge in [-0.15, -0.1) is 0 Å². The van der Waals surface area contributed by atoms with Gasteiger partial charge < -0.3 is 15.0 Å². The van der Waals surface area contributed by atoms with Gasteiger partial charge in [-0.25, -0.2) is 4.98 Å². The smallest absolute Gasteiger partial charge is 0.256 e. The average Bonchev–Trinajstić information content (AvgIpc) is 2.68. The lowest BCUT2D eigenvalue weighted by Gasteiger charge is -2.27. The molecule has 1 aromatic heterocycles. The third kappa shape index (κ3) is 3.86. The first kappa shape index (κ1) is 18.0. The highest BCUT2D eigenvalue weighted by molar-refractivity contribution is 6.35. The number of hydrogen-bond acceptors (Lipinski definition) is 4. The number of hydrogen-bond donors (Lipinski definition) is 1. The quantitative estimate of drug-likeness (QED) is 0.687. The summed E-state index contributed by atoms with van der Waals surface area (Å²) in [5.41, 5.74) is 1.32. The second kappa shape index (κ2) is 7.72. The molecule has 0 saturated carbocycles. The zero-order valence-corrected chi connectivity index (χ0v) is 15.9. The third-order valence-corrected chi connectivity index (χ3v) is 4.89. The highest BCUT2D eigenvalue weighted by Crippen LogP contribution is 2.30. The zero-order chi connectivity index (χ0) is 18.8. The Kier molecular flexibility index (Phi) is 5.16. The standard InChI is InChI=1S/C20H17Cl2N3O2/c21-13-9-14(22)11-15(10-13)24-19-17-4-2-1-3-16(17)18(12-23-19)20(26)25-5-7-27-8-6-25/h1-4,9-12H,5-8H2,(H,23,24). The Bertz CT molecular complexity index is 983. The summed E-state index contributed by atoms with van der Waals surface area (Å²) in [6.45, 7) is 2.31. The molecular weight excluding hydrogens is 385 g/mol. The summed E-state index contributed by atoms with van der Waals surface area (Å²) in [5, 5.41) is 6.02. The molecule has 5 nitrogen and oxygen atoms in total. The van der Waals surface area contributed by atoms with Crippen LogP contribution < -0.4 is 5.32 Å². The van der Waals surface area contributed by atoms with Gasteiger partial charge in [0, 0.05) is 40.4 Å². The van der Waals surface area contributed by atoms with Crippen molar-refractivity contribution in [2.24, 2.45) is 0 Å². The van der Waals surface area contributed by atoms with Crippen LogP contribution in [-0.4, -0.2) is 42.1 Å². The normalized spacial score (nSPS) is 14.4. The van der Waals surface area contributed by atoms with Crippen LogP contribution in [0.1, 0.15) is 10.4 Å². The molecule has 0 atom stereocenters. The lowest BCUT2D eigenvalue weighted by atomic mass is 10.1. The molecule has 7 heteroatoms. The number of carbonyl (C=O) groups is 1. The van der Waals surface area contributed by atoms with Crippen molar-refractivity contribution in [2.75, 3.05) is 31.6 Å². The van der Waals surface area contributed by atoms with Gasteiger partial charge in [-0.05, 0) is 23.6 Å². The number of ether oxygens (including phenoxy) is 1. The fourth-order valence-electron chi connectivity index (χ4n) is 3.16. The van der Waals surface area contributed by atoms with Crippen molar-refractivity contribution in [3.05, 3.63) is 64.3 Å². The molecule has 3 aromatic rings. The number of nitrogens with zero attached hydrogens (tertiary/aromatic N) is 2.